The maximum absolute atomic E-state index is 12.6. The van der Waals surface area contributed by atoms with Crippen LogP contribution in [0.2, 0.25) is 0 Å². The van der Waals surface area contributed by atoms with Gasteiger partial charge < -0.3 is 5.11 Å². The number of thiazole rings is 1. The topological polar surface area (TPSA) is 70.5 Å². The van der Waals surface area contributed by atoms with Crippen LogP contribution in [-0.4, -0.2) is 42.5 Å². The van der Waals surface area contributed by atoms with Crippen LogP contribution in [0, 0.1) is 19.3 Å². The van der Waals surface area contributed by atoms with Gasteiger partial charge in [-0.05, 0) is 38.5 Å². The monoisotopic (exact) mass is 318 g/mol. The third-order valence-corrected chi connectivity index (χ3v) is 7.86. The minimum atomic E-state index is -3.43. The lowest BCUT2D eigenvalue weighted by atomic mass is 9.77. The molecule has 2 rings (SSSR count). The number of aryl methyl sites for hydroxylation is 2. The van der Waals surface area contributed by atoms with Crippen molar-refractivity contribution in [1.29, 1.82) is 0 Å². The molecule has 5 nitrogen and oxygen atoms in total. The Morgan fingerprint density at radius 2 is 1.95 bits per heavy atom. The first-order chi connectivity index (χ1) is 9.34. The summed E-state index contributed by atoms with van der Waals surface area (Å²) in [7, 11) is -3.43. The number of hydrogen-bond donors (Lipinski definition) is 1. The summed E-state index contributed by atoms with van der Waals surface area (Å²) in [4.78, 5) is 4.21. The SMILES string of the molecule is CCC1(CO)CCN(S(=O)(=O)c2sc(C)nc2C)CC1. The number of nitrogens with zero attached hydrogens (tertiary/aromatic N) is 2. The molecule has 1 fully saturated rings. The Morgan fingerprint density at radius 3 is 2.35 bits per heavy atom. The van der Waals surface area contributed by atoms with E-state index >= 15 is 0 Å². The summed E-state index contributed by atoms with van der Waals surface area (Å²) in [5, 5.41) is 10.3. The molecule has 0 aliphatic carbocycles. The van der Waals surface area contributed by atoms with E-state index in [0.717, 1.165) is 24.3 Å². The molecule has 1 aromatic heterocycles. The minimum absolute atomic E-state index is 0.106. The van der Waals surface area contributed by atoms with Crippen molar-refractivity contribution in [2.24, 2.45) is 5.41 Å². The number of aliphatic hydroxyl groups is 1. The highest BCUT2D eigenvalue weighted by molar-refractivity contribution is 7.91. The van der Waals surface area contributed by atoms with E-state index < -0.39 is 10.0 Å². The van der Waals surface area contributed by atoms with E-state index in [2.05, 4.69) is 11.9 Å². The van der Waals surface area contributed by atoms with Crippen molar-refractivity contribution in [2.45, 2.75) is 44.2 Å². The van der Waals surface area contributed by atoms with Gasteiger partial charge in [0.25, 0.3) is 10.0 Å². The summed E-state index contributed by atoms with van der Waals surface area (Å²) in [5.41, 5.74) is 0.479. The van der Waals surface area contributed by atoms with Gasteiger partial charge in [-0.25, -0.2) is 13.4 Å². The van der Waals surface area contributed by atoms with Crippen molar-refractivity contribution in [3.05, 3.63) is 10.7 Å². The number of sulfonamides is 1. The van der Waals surface area contributed by atoms with Gasteiger partial charge in [-0.15, -0.1) is 11.3 Å². The molecule has 0 bridgehead atoms. The van der Waals surface area contributed by atoms with Crippen LogP contribution in [0.3, 0.4) is 0 Å². The molecule has 0 amide bonds. The second-order valence-electron chi connectivity index (χ2n) is 5.52. The first-order valence-electron chi connectivity index (χ1n) is 6.90. The molecule has 1 aliphatic heterocycles. The normalized spacial score (nSPS) is 20.2. The lowest BCUT2D eigenvalue weighted by molar-refractivity contribution is 0.0648. The van der Waals surface area contributed by atoms with Crippen LogP contribution in [-0.2, 0) is 10.0 Å². The van der Waals surface area contributed by atoms with E-state index in [0.29, 0.717) is 23.0 Å². The molecule has 0 aromatic carbocycles. The highest BCUT2D eigenvalue weighted by Gasteiger charge is 2.38. The van der Waals surface area contributed by atoms with Crippen LogP contribution in [0.5, 0.6) is 0 Å². The largest absolute Gasteiger partial charge is 0.396 e. The predicted molar refractivity (Wildman–Crippen MR) is 79.4 cm³/mol. The summed E-state index contributed by atoms with van der Waals surface area (Å²) in [6, 6.07) is 0. The lowest BCUT2D eigenvalue weighted by Crippen LogP contribution is -2.44. The van der Waals surface area contributed by atoms with Crippen molar-refractivity contribution in [1.82, 2.24) is 9.29 Å². The molecular formula is C13H22N2O3S2. The van der Waals surface area contributed by atoms with E-state index in [1.165, 1.54) is 15.6 Å². The summed E-state index contributed by atoms with van der Waals surface area (Å²) in [5.74, 6) is 0. The summed E-state index contributed by atoms with van der Waals surface area (Å²) < 4.78 is 27.2. The first-order valence-corrected chi connectivity index (χ1v) is 9.15. The van der Waals surface area contributed by atoms with Gasteiger partial charge in [-0.1, -0.05) is 6.92 Å². The van der Waals surface area contributed by atoms with Gasteiger partial charge in [-0.2, -0.15) is 4.31 Å². The average molecular weight is 318 g/mol. The maximum atomic E-state index is 12.6. The standard InChI is InChI=1S/C13H22N2O3S2/c1-4-13(9-16)5-7-15(8-6-13)20(17,18)12-10(2)14-11(3)19-12/h16H,4-9H2,1-3H3. The number of aliphatic hydroxyl groups excluding tert-OH is 1. The quantitative estimate of drug-likeness (QED) is 0.921. The van der Waals surface area contributed by atoms with Gasteiger partial charge in [0.1, 0.15) is 0 Å². The van der Waals surface area contributed by atoms with Crippen LogP contribution in [0.1, 0.15) is 36.9 Å². The number of piperidine rings is 1. The van der Waals surface area contributed by atoms with Crippen LogP contribution >= 0.6 is 11.3 Å². The highest BCUT2D eigenvalue weighted by Crippen LogP contribution is 2.37. The molecule has 0 unspecified atom stereocenters. The van der Waals surface area contributed by atoms with Gasteiger partial charge in [-0.3, -0.25) is 0 Å². The Hall–Kier alpha value is -0.500. The Kier molecular flexibility index (Phi) is 4.53. The van der Waals surface area contributed by atoms with Crippen LogP contribution < -0.4 is 0 Å². The van der Waals surface area contributed by atoms with E-state index in [9.17, 15) is 13.5 Å². The highest BCUT2D eigenvalue weighted by atomic mass is 32.2. The van der Waals surface area contributed by atoms with E-state index in [1.54, 1.807) is 6.92 Å². The van der Waals surface area contributed by atoms with Gasteiger partial charge in [0, 0.05) is 19.7 Å². The van der Waals surface area contributed by atoms with Crippen LogP contribution in [0.4, 0.5) is 0 Å². The van der Waals surface area contributed by atoms with Crippen molar-refractivity contribution in [2.75, 3.05) is 19.7 Å². The van der Waals surface area contributed by atoms with Gasteiger partial charge >= 0.3 is 0 Å². The number of rotatable bonds is 4. The van der Waals surface area contributed by atoms with Crippen molar-refractivity contribution in [3.63, 3.8) is 0 Å². The maximum Gasteiger partial charge on any atom is 0.254 e. The molecule has 2 heterocycles. The number of aromatic nitrogens is 1. The number of hydrogen-bond acceptors (Lipinski definition) is 5. The molecular weight excluding hydrogens is 296 g/mol. The lowest BCUT2D eigenvalue weighted by Gasteiger charge is -2.39. The molecule has 1 aromatic rings. The molecule has 0 spiro atoms. The molecule has 0 saturated carbocycles. The Balaban J connectivity index is 2.20. The minimum Gasteiger partial charge on any atom is -0.396 e. The summed E-state index contributed by atoms with van der Waals surface area (Å²) >= 11 is 1.24. The van der Waals surface area contributed by atoms with Crippen molar-refractivity contribution in [3.8, 4) is 0 Å². The fraction of sp³-hybridized carbons (Fsp3) is 0.769. The Bertz CT molecular complexity index is 566. The fourth-order valence-corrected chi connectivity index (χ4v) is 5.75. The molecule has 114 valence electrons. The zero-order chi connectivity index (χ0) is 15.0. The zero-order valence-corrected chi connectivity index (χ0v) is 13.9. The van der Waals surface area contributed by atoms with Crippen molar-refractivity contribution >= 4 is 21.4 Å². The molecule has 1 aliphatic rings. The second kappa shape index (κ2) is 5.71. The smallest absolute Gasteiger partial charge is 0.254 e. The summed E-state index contributed by atoms with van der Waals surface area (Å²) in [6.45, 7) is 6.71. The third-order valence-electron chi connectivity index (χ3n) is 4.30. The van der Waals surface area contributed by atoms with Gasteiger partial charge in [0.15, 0.2) is 4.21 Å². The average Bonchev–Trinajstić information content (AvgIpc) is 2.78. The van der Waals surface area contributed by atoms with E-state index in [1.807, 2.05) is 6.92 Å². The Labute approximate surface area is 124 Å². The molecule has 20 heavy (non-hydrogen) atoms. The zero-order valence-electron chi connectivity index (χ0n) is 12.2. The first kappa shape index (κ1) is 15.9. The second-order valence-corrected chi connectivity index (χ2v) is 8.86. The van der Waals surface area contributed by atoms with Gasteiger partial charge in [0.2, 0.25) is 0 Å². The third kappa shape index (κ3) is 2.77. The molecule has 0 radical (unpaired) electrons. The van der Waals surface area contributed by atoms with E-state index in [-0.39, 0.29) is 12.0 Å². The Morgan fingerprint density at radius 1 is 1.35 bits per heavy atom. The van der Waals surface area contributed by atoms with E-state index in [4.69, 9.17) is 0 Å². The molecule has 1 N–H and O–H groups in total. The van der Waals surface area contributed by atoms with Crippen LogP contribution in [0.15, 0.2) is 4.21 Å². The molecule has 1 saturated heterocycles. The summed E-state index contributed by atoms with van der Waals surface area (Å²) in [6.07, 6.45) is 2.32. The van der Waals surface area contributed by atoms with Gasteiger partial charge in [0.05, 0.1) is 10.7 Å². The molecule has 7 heteroatoms. The predicted octanol–water partition coefficient (Wildman–Crippen LogP) is 1.93. The van der Waals surface area contributed by atoms with Crippen molar-refractivity contribution < 1.29 is 13.5 Å². The van der Waals surface area contributed by atoms with Crippen LogP contribution in [0.25, 0.3) is 0 Å². The fourth-order valence-electron chi connectivity index (χ4n) is 2.69. The molecule has 0 atom stereocenters.